The maximum Gasteiger partial charge on any atom is 0.260 e. The number of halogens is 2. The van der Waals surface area contributed by atoms with Crippen molar-refractivity contribution in [1.82, 2.24) is 0 Å². The summed E-state index contributed by atoms with van der Waals surface area (Å²) in [4.78, 5) is 0. The van der Waals surface area contributed by atoms with Crippen LogP contribution in [0.4, 0.5) is 8.78 Å². The van der Waals surface area contributed by atoms with E-state index in [4.69, 9.17) is 5.73 Å². The fourth-order valence-electron chi connectivity index (χ4n) is 1.80. The van der Waals surface area contributed by atoms with Gasteiger partial charge in [-0.05, 0) is 5.56 Å². The molecule has 1 aromatic rings. The Labute approximate surface area is 75.6 Å². The van der Waals surface area contributed by atoms with E-state index in [1.165, 1.54) is 0 Å². The fourth-order valence-corrected chi connectivity index (χ4v) is 1.80. The van der Waals surface area contributed by atoms with Crippen LogP contribution in [0.1, 0.15) is 11.5 Å². The van der Waals surface area contributed by atoms with Gasteiger partial charge in [0.1, 0.15) is 0 Å². The molecule has 13 heavy (non-hydrogen) atoms. The fraction of sp³-hybridized carbons (Fsp3) is 0.400. The Bertz CT molecular complexity index is 297. The van der Waals surface area contributed by atoms with Gasteiger partial charge in [-0.3, -0.25) is 0 Å². The molecule has 0 radical (unpaired) electrons. The lowest BCUT2D eigenvalue weighted by atomic mass is 10.1. The van der Waals surface area contributed by atoms with Crippen molar-refractivity contribution in [2.24, 2.45) is 11.7 Å². The van der Waals surface area contributed by atoms with Crippen LogP contribution in [-0.4, -0.2) is 12.5 Å². The summed E-state index contributed by atoms with van der Waals surface area (Å²) < 4.78 is 26.1. The van der Waals surface area contributed by atoms with Crippen LogP contribution in [0.3, 0.4) is 0 Å². The van der Waals surface area contributed by atoms with Gasteiger partial charge in [0.25, 0.3) is 5.92 Å². The molecule has 2 rings (SSSR count). The van der Waals surface area contributed by atoms with E-state index in [0.29, 0.717) is 5.56 Å². The minimum Gasteiger partial charge on any atom is -0.330 e. The van der Waals surface area contributed by atoms with Crippen LogP contribution in [-0.2, 0) is 0 Å². The molecule has 1 fully saturated rings. The Morgan fingerprint density at radius 1 is 1.23 bits per heavy atom. The normalized spacial score (nSPS) is 30.1. The first-order valence-electron chi connectivity index (χ1n) is 4.30. The van der Waals surface area contributed by atoms with Crippen LogP contribution >= 0.6 is 0 Å². The first kappa shape index (κ1) is 8.63. The highest BCUT2D eigenvalue weighted by Gasteiger charge is 2.67. The SMILES string of the molecule is NC[C@@H]1[C@@H](c2ccccc2)C1(F)F. The Hall–Kier alpha value is -0.960. The van der Waals surface area contributed by atoms with Gasteiger partial charge in [-0.15, -0.1) is 0 Å². The molecule has 2 N–H and O–H groups in total. The number of alkyl halides is 2. The minimum absolute atomic E-state index is 0.0621. The molecule has 0 heterocycles. The molecule has 1 saturated carbocycles. The van der Waals surface area contributed by atoms with Gasteiger partial charge in [0.15, 0.2) is 0 Å². The highest BCUT2D eigenvalue weighted by Crippen LogP contribution is 2.60. The number of hydrogen-bond acceptors (Lipinski definition) is 1. The predicted octanol–water partition coefficient (Wildman–Crippen LogP) is 1.99. The van der Waals surface area contributed by atoms with Gasteiger partial charge < -0.3 is 5.73 Å². The summed E-state index contributed by atoms with van der Waals surface area (Å²) in [7, 11) is 0. The highest BCUT2D eigenvalue weighted by atomic mass is 19.3. The van der Waals surface area contributed by atoms with E-state index < -0.39 is 17.8 Å². The van der Waals surface area contributed by atoms with Gasteiger partial charge in [-0.25, -0.2) is 8.78 Å². The summed E-state index contributed by atoms with van der Waals surface area (Å²) >= 11 is 0. The molecular weight excluding hydrogens is 172 g/mol. The second-order valence-electron chi connectivity index (χ2n) is 3.41. The van der Waals surface area contributed by atoms with Crippen LogP contribution in [0.5, 0.6) is 0 Å². The van der Waals surface area contributed by atoms with Crippen LogP contribution in [0.15, 0.2) is 30.3 Å². The number of nitrogens with two attached hydrogens (primary N) is 1. The average molecular weight is 183 g/mol. The molecule has 1 aliphatic carbocycles. The smallest absolute Gasteiger partial charge is 0.260 e. The molecule has 0 unspecified atom stereocenters. The van der Waals surface area contributed by atoms with Gasteiger partial charge in [0.05, 0.1) is 5.92 Å². The molecule has 0 aromatic heterocycles. The lowest BCUT2D eigenvalue weighted by Gasteiger charge is -1.96. The zero-order valence-corrected chi connectivity index (χ0v) is 7.08. The molecule has 0 bridgehead atoms. The summed E-state index contributed by atoms with van der Waals surface area (Å²) in [5, 5.41) is 0. The molecule has 70 valence electrons. The zero-order chi connectivity index (χ0) is 9.47. The third-order valence-corrected chi connectivity index (χ3v) is 2.61. The van der Waals surface area contributed by atoms with Gasteiger partial charge in [-0.1, -0.05) is 30.3 Å². The predicted molar refractivity (Wildman–Crippen MR) is 46.7 cm³/mol. The Morgan fingerprint density at radius 2 is 1.85 bits per heavy atom. The molecule has 1 nitrogen and oxygen atoms in total. The van der Waals surface area contributed by atoms with E-state index in [0.717, 1.165) is 0 Å². The van der Waals surface area contributed by atoms with Crippen LogP contribution in [0, 0.1) is 5.92 Å². The van der Waals surface area contributed by atoms with Crippen molar-refractivity contribution in [3.63, 3.8) is 0 Å². The van der Waals surface area contributed by atoms with Crippen molar-refractivity contribution >= 4 is 0 Å². The summed E-state index contributed by atoms with van der Waals surface area (Å²) in [6.45, 7) is 0.0621. The number of hydrogen-bond donors (Lipinski definition) is 1. The summed E-state index contributed by atoms with van der Waals surface area (Å²) in [5.74, 6) is -3.90. The van der Waals surface area contributed by atoms with Crippen molar-refractivity contribution in [3.05, 3.63) is 35.9 Å². The minimum atomic E-state index is -2.59. The summed E-state index contributed by atoms with van der Waals surface area (Å²) in [6.07, 6.45) is 0. The average Bonchev–Trinajstić information content (AvgIpc) is 2.69. The lowest BCUT2D eigenvalue weighted by molar-refractivity contribution is 0.0947. The van der Waals surface area contributed by atoms with Crippen LogP contribution in [0.2, 0.25) is 0 Å². The summed E-state index contributed by atoms with van der Waals surface area (Å²) in [6, 6.07) is 8.83. The molecule has 0 aliphatic heterocycles. The first-order valence-corrected chi connectivity index (χ1v) is 4.30. The maximum absolute atomic E-state index is 13.1. The van der Waals surface area contributed by atoms with Crippen molar-refractivity contribution in [2.45, 2.75) is 11.8 Å². The standard InChI is InChI=1S/C10H11F2N/c11-10(12)8(6-13)9(10)7-4-2-1-3-5-7/h1-5,8-9H,6,13H2/t8-,9-/m1/s1. The van der Waals surface area contributed by atoms with Crippen molar-refractivity contribution in [2.75, 3.05) is 6.54 Å². The third-order valence-electron chi connectivity index (χ3n) is 2.61. The van der Waals surface area contributed by atoms with Crippen molar-refractivity contribution in [3.8, 4) is 0 Å². The monoisotopic (exact) mass is 183 g/mol. The Balaban J connectivity index is 2.22. The Kier molecular flexibility index (Phi) is 1.84. The van der Waals surface area contributed by atoms with E-state index in [9.17, 15) is 8.78 Å². The quantitative estimate of drug-likeness (QED) is 0.745. The zero-order valence-electron chi connectivity index (χ0n) is 7.08. The first-order chi connectivity index (χ1) is 6.18. The second kappa shape index (κ2) is 2.77. The van der Waals surface area contributed by atoms with E-state index in [2.05, 4.69) is 0 Å². The highest BCUT2D eigenvalue weighted by molar-refractivity contribution is 5.32. The van der Waals surface area contributed by atoms with E-state index in [-0.39, 0.29) is 6.54 Å². The van der Waals surface area contributed by atoms with E-state index >= 15 is 0 Å². The van der Waals surface area contributed by atoms with Crippen LogP contribution in [0.25, 0.3) is 0 Å². The van der Waals surface area contributed by atoms with E-state index in [1.54, 1.807) is 24.3 Å². The van der Waals surface area contributed by atoms with Gasteiger partial charge >= 0.3 is 0 Å². The lowest BCUT2D eigenvalue weighted by Crippen LogP contribution is -2.06. The topological polar surface area (TPSA) is 26.0 Å². The van der Waals surface area contributed by atoms with Gasteiger partial charge in [0, 0.05) is 12.5 Å². The Morgan fingerprint density at radius 3 is 2.31 bits per heavy atom. The van der Waals surface area contributed by atoms with Gasteiger partial charge in [-0.2, -0.15) is 0 Å². The molecule has 1 aliphatic rings. The molecule has 2 atom stereocenters. The molecule has 0 saturated heterocycles. The molecule has 1 aromatic carbocycles. The number of benzene rings is 1. The maximum atomic E-state index is 13.1. The molecule has 0 amide bonds. The summed E-state index contributed by atoms with van der Waals surface area (Å²) in [5.41, 5.74) is 5.95. The van der Waals surface area contributed by atoms with E-state index in [1.807, 2.05) is 6.07 Å². The van der Waals surface area contributed by atoms with Crippen LogP contribution < -0.4 is 5.73 Å². The third kappa shape index (κ3) is 1.23. The van der Waals surface area contributed by atoms with Crippen molar-refractivity contribution < 1.29 is 8.78 Å². The van der Waals surface area contributed by atoms with Crippen molar-refractivity contribution in [1.29, 1.82) is 0 Å². The largest absolute Gasteiger partial charge is 0.330 e. The second-order valence-corrected chi connectivity index (χ2v) is 3.41. The van der Waals surface area contributed by atoms with Gasteiger partial charge in [0.2, 0.25) is 0 Å². The number of rotatable bonds is 2. The molecule has 0 spiro atoms. The molecule has 3 heteroatoms. The molecular formula is C10H11F2N.